The number of ether oxygens (including phenoxy) is 1. The van der Waals surface area contributed by atoms with E-state index in [1.54, 1.807) is 6.92 Å². The first-order valence-electron chi connectivity index (χ1n) is 3.88. The summed E-state index contributed by atoms with van der Waals surface area (Å²) >= 11 is 0. The lowest BCUT2D eigenvalue weighted by Crippen LogP contribution is -2.06. The van der Waals surface area contributed by atoms with Gasteiger partial charge in [0, 0.05) is 17.7 Å². The van der Waals surface area contributed by atoms with Gasteiger partial charge in [0.2, 0.25) is 0 Å². The van der Waals surface area contributed by atoms with Crippen LogP contribution in [0.2, 0.25) is 0 Å². The minimum Gasteiger partial charge on any atom is -0.504 e. The van der Waals surface area contributed by atoms with Crippen molar-refractivity contribution in [3.63, 3.8) is 0 Å². The van der Waals surface area contributed by atoms with Crippen LogP contribution in [0.15, 0.2) is 12.1 Å². The second-order valence-corrected chi connectivity index (χ2v) is 2.83. The monoisotopic (exact) mass is 221 g/mol. The third-order valence-electron chi connectivity index (χ3n) is 1.78. The predicted molar refractivity (Wildman–Crippen MR) is 54.5 cm³/mol. The van der Waals surface area contributed by atoms with Gasteiger partial charge in [-0.3, -0.25) is 0 Å². The van der Waals surface area contributed by atoms with Crippen molar-refractivity contribution >= 4 is 12.4 Å². The van der Waals surface area contributed by atoms with Gasteiger partial charge in [-0.1, -0.05) is 0 Å². The smallest absolute Gasteiger partial charge is 0.163 e. The highest BCUT2D eigenvalue weighted by molar-refractivity contribution is 5.85. The number of hydrogen-bond donors (Lipinski definition) is 2. The Hall–Kier alpha value is -1.00. The largest absolute Gasteiger partial charge is 0.504 e. The molecule has 80 valence electrons. The summed E-state index contributed by atoms with van der Waals surface area (Å²) in [4.78, 5) is 0. The van der Waals surface area contributed by atoms with Gasteiger partial charge in [-0.25, -0.2) is 4.39 Å². The Morgan fingerprint density at radius 1 is 1.50 bits per heavy atom. The molecular weight excluding hydrogens is 209 g/mol. The number of phenolic OH excluding ortho intramolecular Hbond substituents is 1. The van der Waals surface area contributed by atoms with Gasteiger partial charge in [-0.15, -0.1) is 12.4 Å². The Morgan fingerprint density at radius 3 is 2.50 bits per heavy atom. The van der Waals surface area contributed by atoms with E-state index in [9.17, 15) is 9.50 Å². The van der Waals surface area contributed by atoms with E-state index in [-0.39, 0.29) is 23.9 Å². The highest BCUT2D eigenvalue weighted by Crippen LogP contribution is 2.33. The maximum atomic E-state index is 12.9. The van der Waals surface area contributed by atoms with Crippen LogP contribution in [0.4, 0.5) is 4.39 Å². The van der Waals surface area contributed by atoms with Crippen LogP contribution in [-0.4, -0.2) is 12.2 Å². The molecule has 0 spiro atoms. The van der Waals surface area contributed by atoms with E-state index in [1.165, 1.54) is 13.2 Å². The van der Waals surface area contributed by atoms with E-state index in [2.05, 4.69) is 0 Å². The number of rotatable bonds is 2. The van der Waals surface area contributed by atoms with Crippen molar-refractivity contribution in [2.75, 3.05) is 7.11 Å². The van der Waals surface area contributed by atoms with Crippen molar-refractivity contribution < 1.29 is 14.2 Å². The molecule has 0 amide bonds. The molecule has 0 saturated heterocycles. The van der Waals surface area contributed by atoms with Gasteiger partial charge in [0.1, 0.15) is 5.82 Å². The van der Waals surface area contributed by atoms with Crippen molar-refractivity contribution in [2.45, 2.75) is 13.0 Å². The van der Waals surface area contributed by atoms with E-state index < -0.39 is 11.9 Å². The zero-order valence-electron chi connectivity index (χ0n) is 7.95. The van der Waals surface area contributed by atoms with E-state index >= 15 is 0 Å². The van der Waals surface area contributed by atoms with Crippen molar-refractivity contribution in [1.82, 2.24) is 0 Å². The topological polar surface area (TPSA) is 55.5 Å². The number of halogens is 2. The van der Waals surface area contributed by atoms with Gasteiger partial charge in [0.15, 0.2) is 11.5 Å². The fourth-order valence-electron chi connectivity index (χ4n) is 1.10. The van der Waals surface area contributed by atoms with Gasteiger partial charge in [0.25, 0.3) is 0 Å². The molecule has 0 aromatic heterocycles. The lowest BCUT2D eigenvalue weighted by molar-refractivity contribution is 0.365. The Bertz CT molecular complexity index is 318. The molecule has 14 heavy (non-hydrogen) atoms. The summed E-state index contributed by atoms with van der Waals surface area (Å²) < 4.78 is 17.7. The normalized spacial score (nSPS) is 11.7. The average molecular weight is 222 g/mol. The first kappa shape index (κ1) is 13.0. The number of aromatic hydroxyl groups is 1. The van der Waals surface area contributed by atoms with Crippen LogP contribution in [-0.2, 0) is 0 Å². The number of benzene rings is 1. The summed E-state index contributed by atoms with van der Waals surface area (Å²) in [6.07, 6.45) is 0. The second kappa shape index (κ2) is 5.02. The standard InChI is InChI=1S/C9H12FNO2.ClH/c1-5(11)7-3-6(10)4-8(13-2)9(7)12;/h3-5,12H,11H2,1-2H3;1H/t5-;/m0./s1. The van der Waals surface area contributed by atoms with E-state index in [0.29, 0.717) is 5.56 Å². The lowest BCUT2D eigenvalue weighted by Gasteiger charge is -2.11. The van der Waals surface area contributed by atoms with Crippen molar-refractivity contribution in [3.8, 4) is 11.5 Å². The Kier molecular flexibility index (Phi) is 4.67. The highest BCUT2D eigenvalue weighted by atomic mass is 35.5. The molecule has 1 atom stereocenters. The maximum Gasteiger partial charge on any atom is 0.163 e. The highest BCUT2D eigenvalue weighted by Gasteiger charge is 2.13. The fraction of sp³-hybridized carbons (Fsp3) is 0.333. The molecule has 0 heterocycles. The molecule has 1 aromatic carbocycles. The van der Waals surface area contributed by atoms with Crippen LogP contribution in [0.5, 0.6) is 11.5 Å². The van der Waals surface area contributed by atoms with Crippen LogP contribution in [0.1, 0.15) is 18.5 Å². The summed E-state index contributed by atoms with van der Waals surface area (Å²) in [5, 5.41) is 9.51. The molecule has 3 nitrogen and oxygen atoms in total. The molecular formula is C9H13ClFNO2. The molecule has 5 heteroatoms. The first-order valence-corrected chi connectivity index (χ1v) is 3.88. The zero-order chi connectivity index (χ0) is 10.0. The Morgan fingerprint density at radius 2 is 2.07 bits per heavy atom. The van der Waals surface area contributed by atoms with Gasteiger partial charge in [-0.05, 0) is 13.0 Å². The molecule has 0 unspecified atom stereocenters. The molecule has 3 N–H and O–H groups in total. The summed E-state index contributed by atoms with van der Waals surface area (Å²) in [6.45, 7) is 1.66. The molecule has 0 aliphatic carbocycles. The zero-order valence-corrected chi connectivity index (χ0v) is 8.77. The van der Waals surface area contributed by atoms with Crippen LogP contribution >= 0.6 is 12.4 Å². The summed E-state index contributed by atoms with van der Waals surface area (Å²) in [7, 11) is 1.36. The number of methoxy groups -OCH3 is 1. The predicted octanol–water partition coefficient (Wildman–Crippen LogP) is 1.98. The molecule has 0 fully saturated rings. The average Bonchev–Trinajstić information content (AvgIpc) is 2.08. The van der Waals surface area contributed by atoms with Crippen LogP contribution < -0.4 is 10.5 Å². The summed E-state index contributed by atoms with van der Waals surface area (Å²) in [6, 6.07) is 1.88. The van der Waals surface area contributed by atoms with Crippen molar-refractivity contribution in [2.24, 2.45) is 5.73 Å². The van der Waals surface area contributed by atoms with Crippen molar-refractivity contribution in [3.05, 3.63) is 23.5 Å². The Labute approximate surface area is 88.1 Å². The third kappa shape index (κ3) is 2.49. The third-order valence-corrected chi connectivity index (χ3v) is 1.78. The summed E-state index contributed by atoms with van der Waals surface area (Å²) in [5.41, 5.74) is 5.87. The summed E-state index contributed by atoms with van der Waals surface area (Å²) in [5.74, 6) is -0.465. The number of phenols is 1. The quantitative estimate of drug-likeness (QED) is 0.803. The molecule has 0 bridgehead atoms. The fourth-order valence-corrected chi connectivity index (χ4v) is 1.10. The van der Waals surface area contributed by atoms with Crippen LogP contribution in [0.3, 0.4) is 0 Å². The SMILES string of the molecule is COc1cc(F)cc([C@H](C)N)c1O.Cl. The number of nitrogens with two attached hydrogens (primary N) is 1. The van der Waals surface area contributed by atoms with Gasteiger partial charge in [0.05, 0.1) is 7.11 Å². The molecule has 0 aliphatic heterocycles. The molecule has 0 saturated carbocycles. The van der Waals surface area contributed by atoms with E-state index in [1.807, 2.05) is 0 Å². The van der Waals surface area contributed by atoms with E-state index in [0.717, 1.165) is 6.07 Å². The molecule has 0 radical (unpaired) electrons. The number of hydrogen-bond acceptors (Lipinski definition) is 3. The maximum absolute atomic E-state index is 12.9. The van der Waals surface area contributed by atoms with Gasteiger partial charge >= 0.3 is 0 Å². The van der Waals surface area contributed by atoms with E-state index in [4.69, 9.17) is 10.5 Å². The Balaban J connectivity index is 0.00000169. The van der Waals surface area contributed by atoms with Crippen LogP contribution in [0.25, 0.3) is 0 Å². The molecule has 0 aliphatic rings. The molecule has 1 aromatic rings. The minimum atomic E-state index is -0.470. The first-order chi connectivity index (χ1) is 6.06. The second-order valence-electron chi connectivity index (χ2n) is 2.83. The lowest BCUT2D eigenvalue weighted by atomic mass is 10.1. The van der Waals surface area contributed by atoms with Gasteiger partial charge < -0.3 is 15.6 Å². The van der Waals surface area contributed by atoms with Crippen molar-refractivity contribution in [1.29, 1.82) is 0 Å². The van der Waals surface area contributed by atoms with Crippen LogP contribution in [0, 0.1) is 5.82 Å². The molecule has 1 rings (SSSR count). The minimum absolute atomic E-state index is 0. The van der Waals surface area contributed by atoms with Gasteiger partial charge in [-0.2, -0.15) is 0 Å².